The fourth-order valence-electron chi connectivity index (χ4n) is 3.02. The maximum Gasteiger partial charge on any atom is 0.318 e. The molecular weight excluding hydrogens is 292 g/mol. The van der Waals surface area contributed by atoms with Crippen molar-refractivity contribution < 1.29 is 9.59 Å². The molecule has 0 aliphatic carbocycles. The van der Waals surface area contributed by atoms with Crippen LogP contribution in [0.1, 0.15) is 40.5 Å². The van der Waals surface area contributed by atoms with E-state index in [1.54, 1.807) is 4.90 Å². The van der Waals surface area contributed by atoms with Crippen LogP contribution >= 0.6 is 0 Å². The SMILES string of the molecule is CCCN1CCCN(C(=O)N[C@H](C)C(C)(C)CN(C)C)CC1=O. The second kappa shape index (κ2) is 8.52. The molecule has 0 aromatic carbocycles. The average molecular weight is 326 g/mol. The van der Waals surface area contributed by atoms with Gasteiger partial charge in [0.2, 0.25) is 5.91 Å². The van der Waals surface area contributed by atoms with E-state index in [1.807, 2.05) is 25.9 Å². The van der Waals surface area contributed by atoms with Gasteiger partial charge < -0.3 is 20.0 Å². The van der Waals surface area contributed by atoms with Gasteiger partial charge >= 0.3 is 6.03 Å². The lowest BCUT2D eigenvalue weighted by Gasteiger charge is -2.36. The molecule has 6 nitrogen and oxygen atoms in total. The van der Waals surface area contributed by atoms with E-state index in [1.165, 1.54) is 0 Å². The van der Waals surface area contributed by atoms with Gasteiger partial charge in [-0.05, 0) is 39.3 Å². The number of nitrogens with zero attached hydrogens (tertiary/aromatic N) is 3. The summed E-state index contributed by atoms with van der Waals surface area (Å²) in [7, 11) is 4.07. The fraction of sp³-hybridized carbons (Fsp3) is 0.882. The summed E-state index contributed by atoms with van der Waals surface area (Å²) < 4.78 is 0. The van der Waals surface area contributed by atoms with Crippen molar-refractivity contribution in [2.45, 2.75) is 46.6 Å². The van der Waals surface area contributed by atoms with E-state index in [4.69, 9.17) is 0 Å². The third-order valence-electron chi connectivity index (χ3n) is 4.55. The van der Waals surface area contributed by atoms with Gasteiger partial charge in [0, 0.05) is 32.2 Å². The Morgan fingerprint density at radius 2 is 2.00 bits per heavy atom. The summed E-state index contributed by atoms with van der Waals surface area (Å²) in [4.78, 5) is 30.4. The normalized spacial score (nSPS) is 18.1. The summed E-state index contributed by atoms with van der Waals surface area (Å²) in [6.45, 7) is 11.6. The molecule has 1 heterocycles. The van der Waals surface area contributed by atoms with Crippen LogP contribution in [0.5, 0.6) is 0 Å². The smallest absolute Gasteiger partial charge is 0.318 e. The molecule has 1 aliphatic heterocycles. The van der Waals surface area contributed by atoms with E-state index in [0.717, 1.165) is 32.5 Å². The van der Waals surface area contributed by atoms with E-state index in [2.05, 4.69) is 31.0 Å². The van der Waals surface area contributed by atoms with Gasteiger partial charge in [0.05, 0.1) is 0 Å². The molecule has 0 bridgehead atoms. The highest BCUT2D eigenvalue weighted by Crippen LogP contribution is 2.21. The molecule has 0 spiro atoms. The number of amides is 3. The van der Waals surface area contributed by atoms with Crippen molar-refractivity contribution in [1.82, 2.24) is 20.0 Å². The van der Waals surface area contributed by atoms with Crippen molar-refractivity contribution in [3.8, 4) is 0 Å². The molecule has 1 N–H and O–H groups in total. The Hall–Kier alpha value is -1.30. The summed E-state index contributed by atoms with van der Waals surface area (Å²) >= 11 is 0. The molecule has 134 valence electrons. The standard InChI is InChI=1S/C17H34N4O2/c1-7-9-20-10-8-11-21(12-15(20)22)16(23)18-14(2)17(3,4)13-19(5)6/h14H,7-13H2,1-6H3,(H,18,23)/t14-/m1/s1. The van der Waals surface area contributed by atoms with Gasteiger partial charge in [-0.1, -0.05) is 20.8 Å². The van der Waals surface area contributed by atoms with Crippen LogP contribution < -0.4 is 5.32 Å². The lowest BCUT2D eigenvalue weighted by molar-refractivity contribution is -0.130. The number of carbonyl (C=O) groups excluding carboxylic acids is 2. The van der Waals surface area contributed by atoms with E-state index in [0.29, 0.717) is 6.54 Å². The molecule has 1 fully saturated rings. The molecule has 1 rings (SSSR count). The highest BCUT2D eigenvalue weighted by Gasteiger charge is 2.30. The van der Waals surface area contributed by atoms with Crippen LogP contribution in [0, 0.1) is 5.41 Å². The Morgan fingerprint density at radius 1 is 1.35 bits per heavy atom. The number of rotatable bonds is 6. The molecule has 1 atom stereocenters. The van der Waals surface area contributed by atoms with Crippen LogP contribution in [-0.2, 0) is 4.79 Å². The summed E-state index contributed by atoms with van der Waals surface area (Å²) in [6.07, 6.45) is 1.79. The first kappa shape index (κ1) is 19.7. The van der Waals surface area contributed by atoms with Crippen molar-refractivity contribution in [3.05, 3.63) is 0 Å². The summed E-state index contributed by atoms with van der Waals surface area (Å²) in [5, 5.41) is 3.08. The number of hydrogen-bond donors (Lipinski definition) is 1. The minimum absolute atomic E-state index is 0.0301. The lowest BCUT2D eigenvalue weighted by atomic mass is 9.85. The molecule has 1 saturated heterocycles. The zero-order valence-corrected chi connectivity index (χ0v) is 15.7. The molecule has 0 unspecified atom stereocenters. The molecule has 6 heteroatoms. The van der Waals surface area contributed by atoms with Gasteiger partial charge in [0.15, 0.2) is 0 Å². The largest absolute Gasteiger partial charge is 0.341 e. The summed E-state index contributed by atoms with van der Waals surface area (Å²) in [6, 6.07) is -0.0986. The highest BCUT2D eigenvalue weighted by atomic mass is 16.2. The van der Waals surface area contributed by atoms with Crippen molar-refractivity contribution in [2.24, 2.45) is 5.41 Å². The second-order valence-electron chi connectivity index (χ2n) is 7.55. The molecule has 0 aromatic heterocycles. The van der Waals surface area contributed by atoms with Crippen LogP contribution in [-0.4, -0.2) is 79.5 Å². The maximum atomic E-state index is 12.5. The zero-order valence-electron chi connectivity index (χ0n) is 15.7. The Kier molecular flexibility index (Phi) is 7.32. The predicted molar refractivity (Wildman–Crippen MR) is 93.4 cm³/mol. The predicted octanol–water partition coefficient (Wildman–Crippen LogP) is 1.62. The molecule has 23 heavy (non-hydrogen) atoms. The van der Waals surface area contributed by atoms with Gasteiger partial charge in [-0.25, -0.2) is 4.79 Å². The van der Waals surface area contributed by atoms with Crippen molar-refractivity contribution in [3.63, 3.8) is 0 Å². The Labute approximate surface area is 141 Å². The first-order chi connectivity index (χ1) is 10.7. The molecule has 0 aromatic rings. The van der Waals surface area contributed by atoms with Gasteiger partial charge in [-0.15, -0.1) is 0 Å². The van der Waals surface area contributed by atoms with Gasteiger partial charge in [0.25, 0.3) is 0 Å². The van der Waals surface area contributed by atoms with Crippen molar-refractivity contribution >= 4 is 11.9 Å². The maximum absolute atomic E-state index is 12.5. The zero-order chi connectivity index (χ0) is 17.6. The first-order valence-electron chi connectivity index (χ1n) is 8.65. The summed E-state index contributed by atoms with van der Waals surface area (Å²) in [5.74, 6) is 0.0553. The van der Waals surface area contributed by atoms with Gasteiger partial charge in [-0.3, -0.25) is 4.79 Å². The molecule has 0 radical (unpaired) electrons. The van der Waals surface area contributed by atoms with Gasteiger partial charge in [0.1, 0.15) is 6.54 Å². The van der Waals surface area contributed by atoms with Crippen LogP contribution in [0.3, 0.4) is 0 Å². The van der Waals surface area contributed by atoms with Crippen LogP contribution in [0.2, 0.25) is 0 Å². The average Bonchev–Trinajstić information content (AvgIpc) is 2.60. The van der Waals surface area contributed by atoms with Crippen LogP contribution in [0.25, 0.3) is 0 Å². The third-order valence-corrected chi connectivity index (χ3v) is 4.55. The molecule has 1 aliphatic rings. The Balaban J connectivity index is 2.62. The minimum atomic E-state index is -0.129. The Bertz CT molecular complexity index is 409. The van der Waals surface area contributed by atoms with Crippen LogP contribution in [0.4, 0.5) is 4.79 Å². The topological polar surface area (TPSA) is 55.9 Å². The van der Waals surface area contributed by atoms with E-state index >= 15 is 0 Å². The van der Waals surface area contributed by atoms with E-state index < -0.39 is 0 Å². The number of urea groups is 1. The number of nitrogens with one attached hydrogen (secondary N) is 1. The van der Waals surface area contributed by atoms with Crippen molar-refractivity contribution in [2.75, 3.05) is 46.8 Å². The molecular formula is C17H34N4O2. The monoisotopic (exact) mass is 326 g/mol. The minimum Gasteiger partial charge on any atom is -0.341 e. The number of carbonyl (C=O) groups is 2. The fourth-order valence-corrected chi connectivity index (χ4v) is 3.02. The Morgan fingerprint density at radius 3 is 2.57 bits per heavy atom. The molecule has 0 saturated carbocycles. The van der Waals surface area contributed by atoms with E-state index in [-0.39, 0.29) is 29.9 Å². The lowest BCUT2D eigenvalue weighted by Crippen LogP contribution is -2.52. The quantitative estimate of drug-likeness (QED) is 0.807. The van der Waals surface area contributed by atoms with Gasteiger partial charge in [-0.2, -0.15) is 0 Å². The third kappa shape index (κ3) is 6.01. The highest BCUT2D eigenvalue weighted by molar-refractivity contribution is 5.84. The van der Waals surface area contributed by atoms with Crippen LogP contribution in [0.15, 0.2) is 0 Å². The molecule has 3 amide bonds. The second-order valence-corrected chi connectivity index (χ2v) is 7.55. The number of hydrogen-bond acceptors (Lipinski definition) is 3. The summed E-state index contributed by atoms with van der Waals surface area (Å²) in [5.41, 5.74) is -0.0384. The van der Waals surface area contributed by atoms with E-state index in [9.17, 15) is 9.59 Å². The van der Waals surface area contributed by atoms with Crippen molar-refractivity contribution in [1.29, 1.82) is 0 Å². The first-order valence-corrected chi connectivity index (χ1v) is 8.65.